The second-order valence-corrected chi connectivity index (χ2v) is 5.09. The van der Waals surface area contributed by atoms with Gasteiger partial charge in [0, 0.05) is 18.0 Å². The number of carboxylic acid groups (broad SMARTS) is 1. The van der Waals surface area contributed by atoms with Crippen molar-refractivity contribution in [1.29, 1.82) is 0 Å². The fourth-order valence-electron chi connectivity index (χ4n) is 1.57. The van der Waals surface area contributed by atoms with Crippen LogP contribution in [0.1, 0.15) is 20.1 Å². The Morgan fingerprint density at radius 2 is 1.95 bits per heavy atom. The lowest BCUT2D eigenvalue weighted by atomic mass is 10.2. The first-order valence-corrected chi connectivity index (χ1v) is 6.34. The zero-order valence-corrected chi connectivity index (χ0v) is 10.6. The van der Waals surface area contributed by atoms with E-state index in [0.29, 0.717) is 18.7 Å². The van der Waals surface area contributed by atoms with Crippen LogP contribution in [-0.4, -0.2) is 11.1 Å². The van der Waals surface area contributed by atoms with Crippen molar-refractivity contribution in [3.63, 3.8) is 0 Å². The molecule has 1 heterocycles. The molecule has 2 rings (SSSR count). The van der Waals surface area contributed by atoms with Gasteiger partial charge in [-0.3, -0.25) is 0 Å². The Bertz CT molecular complexity index is 598. The van der Waals surface area contributed by atoms with Gasteiger partial charge in [0.25, 0.3) is 0 Å². The Morgan fingerprint density at radius 1 is 1.16 bits per heavy atom. The highest BCUT2D eigenvalue weighted by Gasteiger charge is 2.07. The molecule has 1 aromatic carbocycles. The number of carboxylic acids is 1. The summed E-state index contributed by atoms with van der Waals surface area (Å²) in [4.78, 5) is 11.8. The monoisotopic (exact) mass is 283 g/mol. The van der Waals surface area contributed by atoms with Gasteiger partial charge in [-0.25, -0.2) is 13.6 Å². The molecule has 0 amide bonds. The molecule has 0 aliphatic heterocycles. The lowest BCUT2D eigenvalue weighted by Gasteiger charge is -2.04. The minimum absolute atomic E-state index is 0.282. The molecule has 6 heteroatoms. The molecule has 1 aromatic heterocycles. The second kappa shape index (κ2) is 5.90. The maximum atomic E-state index is 13.0. The molecule has 0 aliphatic carbocycles. The van der Waals surface area contributed by atoms with Crippen molar-refractivity contribution in [2.24, 2.45) is 0 Å². The van der Waals surface area contributed by atoms with Crippen LogP contribution in [0.15, 0.2) is 30.3 Å². The van der Waals surface area contributed by atoms with Crippen LogP contribution in [0.2, 0.25) is 0 Å². The van der Waals surface area contributed by atoms with E-state index in [9.17, 15) is 13.6 Å². The smallest absolute Gasteiger partial charge is 0.345 e. The maximum Gasteiger partial charge on any atom is 0.345 e. The van der Waals surface area contributed by atoms with Crippen molar-refractivity contribution in [2.75, 3.05) is 0 Å². The molecule has 0 atom stereocenters. The summed E-state index contributed by atoms with van der Waals surface area (Å²) >= 11 is 1.19. The summed E-state index contributed by atoms with van der Waals surface area (Å²) in [6.45, 7) is 0.869. The molecule has 0 fully saturated rings. The molecule has 0 unspecified atom stereocenters. The van der Waals surface area contributed by atoms with Crippen LogP contribution in [0.3, 0.4) is 0 Å². The summed E-state index contributed by atoms with van der Waals surface area (Å²) in [5.74, 6) is -2.69. The van der Waals surface area contributed by atoms with Crippen molar-refractivity contribution < 1.29 is 18.7 Å². The highest BCUT2D eigenvalue weighted by Crippen LogP contribution is 2.16. The molecule has 3 nitrogen and oxygen atoms in total. The van der Waals surface area contributed by atoms with Gasteiger partial charge in [-0.15, -0.1) is 11.3 Å². The third-order valence-electron chi connectivity index (χ3n) is 2.48. The molecule has 0 aliphatic rings. The summed E-state index contributed by atoms with van der Waals surface area (Å²) in [7, 11) is 0. The van der Waals surface area contributed by atoms with E-state index in [0.717, 1.165) is 17.0 Å². The average molecular weight is 283 g/mol. The quantitative estimate of drug-likeness (QED) is 0.886. The molecule has 0 spiro atoms. The van der Waals surface area contributed by atoms with Crippen LogP contribution in [0.25, 0.3) is 0 Å². The fraction of sp³-hybridized carbons (Fsp3) is 0.154. The predicted molar refractivity (Wildman–Crippen MR) is 68.2 cm³/mol. The van der Waals surface area contributed by atoms with Gasteiger partial charge in [-0.05, 0) is 29.8 Å². The third kappa shape index (κ3) is 3.59. The summed E-state index contributed by atoms with van der Waals surface area (Å²) in [5.41, 5.74) is 0.633. The Hall–Kier alpha value is -1.79. The van der Waals surface area contributed by atoms with E-state index in [1.165, 1.54) is 17.4 Å². The molecule has 2 N–H and O–H groups in total. The highest BCUT2D eigenvalue weighted by atomic mass is 32.1. The summed E-state index contributed by atoms with van der Waals surface area (Å²) in [6.07, 6.45) is 0. The number of benzene rings is 1. The van der Waals surface area contributed by atoms with Gasteiger partial charge in [0.2, 0.25) is 0 Å². The van der Waals surface area contributed by atoms with Crippen molar-refractivity contribution in [2.45, 2.75) is 13.1 Å². The predicted octanol–water partition coefficient (Wildman–Crippen LogP) is 3.01. The molecule has 0 bridgehead atoms. The normalized spacial score (nSPS) is 10.6. The van der Waals surface area contributed by atoms with Crippen molar-refractivity contribution in [1.82, 2.24) is 5.32 Å². The number of thiophene rings is 1. The maximum absolute atomic E-state index is 13.0. The first-order valence-electron chi connectivity index (χ1n) is 5.53. The first-order chi connectivity index (χ1) is 9.06. The van der Waals surface area contributed by atoms with Gasteiger partial charge >= 0.3 is 5.97 Å². The summed E-state index contributed by atoms with van der Waals surface area (Å²) in [5, 5.41) is 11.8. The van der Waals surface area contributed by atoms with Crippen LogP contribution in [0.4, 0.5) is 8.78 Å². The molecular formula is C13H11F2NO2S. The lowest BCUT2D eigenvalue weighted by Crippen LogP contribution is -2.12. The molecule has 2 aromatic rings. The van der Waals surface area contributed by atoms with Gasteiger partial charge in [-0.1, -0.05) is 6.07 Å². The number of nitrogens with one attached hydrogen (secondary N) is 1. The minimum atomic E-state index is -0.947. The number of halogens is 2. The van der Waals surface area contributed by atoms with E-state index >= 15 is 0 Å². The van der Waals surface area contributed by atoms with E-state index in [2.05, 4.69) is 5.32 Å². The number of aromatic carboxylic acids is 1. The van der Waals surface area contributed by atoms with Crippen LogP contribution in [-0.2, 0) is 13.1 Å². The zero-order valence-electron chi connectivity index (χ0n) is 9.82. The summed E-state index contributed by atoms with van der Waals surface area (Å²) < 4.78 is 25.7. The standard InChI is InChI=1S/C13H11F2NO2S/c14-10-3-1-8(5-11(10)15)6-16-7-9-2-4-12(19-9)13(17)18/h1-5,16H,6-7H2,(H,17,18). The van der Waals surface area contributed by atoms with E-state index in [-0.39, 0.29) is 4.88 Å². The largest absolute Gasteiger partial charge is 0.477 e. The molecule has 0 saturated carbocycles. The fourth-order valence-corrected chi connectivity index (χ4v) is 2.38. The Balaban J connectivity index is 1.88. The third-order valence-corrected chi connectivity index (χ3v) is 3.56. The SMILES string of the molecule is O=C(O)c1ccc(CNCc2ccc(F)c(F)c2)s1. The topological polar surface area (TPSA) is 49.3 Å². The first kappa shape index (κ1) is 13.6. The minimum Gasteiger partial charge on any atom is -0.477 e. The van der Waals surface area contributed by atoms with E-state index in [4.69, 9.17) is 5.11 Å². The van der Waals surface area contributed by atoms with E-state index < -0.39 is 17.6 Å². The van der Waals surface area contributed by atoms with Crippen molar-refractivity contribution >= 4 is 17.3 Å². The van der Waals surface area contributed by atoms with Crippen LogP contribution in [0, 0.1) is 11.6 Å². The molecule has 0 saturated heterocycles. The van der Waals surface area contributed by atoms with Crippen LogP contribution < -0.4 is 5.32 Å². The van der Waals surface area contributed by atoms with Gasteiger partial charge in [-0.2, -0.15) is 0 Å². The highest BCUT2D eigenvalue weighted by molar-refractivity contribution is 7.13. The van der Waals surface area contributed by atoms with Crippen molar-refractivity contribution in [3.05, 3.63) is 57.3 Å². The van der Waals surface area contributed by atoms with E-state index in [1.54, 1.807) is 12.1 Å². The zero-order chi connectivity index (χ0) is 13.8. The number of carbonyl (C=O) groups is 1. The lowest BCUT2D eigenvalue weighted by molar-refractivity contribution is 0.0702. The number of rotatable bonds is 5. The van der Waals surface area contributed by atoms with Crippen LogP contribution in [0.5, 0.6) is 0 Å². The molecule has 100 valence electrons. The van der Waals surface area contributed by atoms with Gasteiger partial charge in [0.15, 0.2) is 11.6 Å². The number of hydrogen-bond donors (Lipinski definition) is 2. The number of hydrogen-bond acceptors (Lipinski definition) is 3. The van der Waals surface area contributed by atoms with Crippen LogP contribution >= 0.6 is 11.3 Å². The average Bonchev–Trinajstić information content (AvgIpc) is 2.83. The van der Waals surface area contributed by atoms with Gasteiger partial charge < -0.3 is 10.4 Å². The van der Waals surface area contributed by atoms with E-state index in [1.807, 2.05) is 0 Å². The second-order valence-electron chi connectivity index (χ2n) is 3.92. The molecule has 19 heavy (non-hydrogen) atoms. The Labute approximate surface area is 112 Å². The Morgan fingerprint density at radius 3 is 2.58 bits per heavy atom. The van der Waals surface area contributed by atoms with Crippen molar-refractivity contribution in [3.8, 4) is 0 Å². The van der Waals surface area contributed by atoms with Gasteiger partial charge in [0.05, 0.1) is 0 Å². The summed E-state index contributed by atoms with van der Waals surface area (Å²) in [6, 6.07) is 7.00. The Kier molecular flexibility index (Phi) is 4.24. The molecule has 0 radical (unpaired) electrons. The van der Waals surface area contributed by atoms with Gasteiger partial charge in [0.1, 0.15) is 4.88 Å². The molecular weight excluding hydrogens is 272 g/mol.